The highest BCUT2D eigenvalue weighted by atomic mass is 32.2. The fourth-order valence-corrected chi connectivity index (χ4v) is 9.34. The molecule has 4 unspecified atom stereocenters. The van der Waals surface area contributed by atoms with Crippen molar-refractivity contribution in [2.24, 2.45) is 17.3 Å². The molecule has 4 saturated heterocycles. The first kappa shape index (κ1) is 33.3. The van der Waals surface area contributed by atoms with Gasteiger partial charge in [-0.25, -0.2) is 13.2 Å². The van der Waals surface area contributed by atoms with Gasteiger partial charge in [0.25, 0.3) is 0 Å². The Hall–Kier alpha value is -3.53. The van der Waals surface area contributed by atoms with E-state index in [0.717, 1.165) is 76.7 Å². The molecule has 0 radical (unpaired) electrons. The van der Waals surface area contributed by atoms with Gasteiger partial charge in [-0.3, -0.25) is 0 Å². The maximum atomic E-state index is 17.2. The van der Waals surface area contributed by atoms with Gasteiger partial charge in [0.1, 0.15) is 17.1 Å². The average Bonchev–Trinajstić information content (AvgIpc) is 3.32. The normalized spacial score (nSPS) is 25.6. The molecule has 0 spiro atoms. The predicted molar refractivity (Wildman–Crippen MR) is 179 cm³/mol. The Labute approximate surface area is 293 Å². The predicted octanol–water partition coefficient (Wildman–Crippen LogP) is 6.86. The van der Waals surface area contributed by atoms with Crippen LogP contribution < -0.4 is 15.0 Å². The average molecular weight is 732 g/mol. The third kappa shape index (κ3) is 6.23. The first-order chi connectivity index (χ1) is 24.4. The summed E-state index contributed by atoms with van der Waals surface area (Å²) in [5, 5.41) is 13.6. The molecule has 270 valence electrons. The lowest BCUT2D eigenvalue weighted by molar-refractivity contribution is -0.0328. The largest absolute Gasteiger partial charge is 0.508 e. The Balaban J connectivity index is 1.16. The molecule has 1 aromatic heterocycles. The lowest BCUT2D eigenvalue weighted by atomic mass is 9.95. The van der Waals surface area contributed by atoms with Crippen molar-refractivity contribution >= 4 is 39.3 Å². The Bertz CT molecular complexity index is 2020. The topological polar surface area (TPSA) is 83.0 Å². The second kappa shape index (κ2) is 12.3. The van der Waals surface area contributed by atoms with Crippen molar-refractivity contribution < 1.29 is 40.9 Å². The molecule has 4 aliphatic heterocycles. The molecule has 2 bridgehead atoms. The number of benzene rings is 3. The fourth-order valence-electron chi connectivity index (χ4n) is 8.61. The fraction of sp³-hybridized carbons (Fsp3) is 0.500. The summed E-state index contributed by atoms with van der Waals surface area (Å²) < 4.78 is 101. The summed E-state index contributed by atoms with van der Waals surface area (Å²) in [6.07, 6.45) is 3.72. The minimum Gasteiger partial charge on any atom is -0.508 e. The van der Waals surface area contributed by atoms with E-state index in [2.05, 4.69) is 15.2 Å². The van der Waals surface area contributed by atoms with Crippen LogP contribution in [0.15, 0.2) is 35.2 Å². The summed E-state index contributed by atoms with van der Waals surface area (Å²) in [6, 6.07) is 5.40. The summed E-state index contributed by atoms with van der Waals surface area (Å²) in [4.78, 5) is 13.0. The summed E-state index contributed by atoms with van der Waals surface area (Å²) in [5.74, 6) is -2.97. The van der Waals surface area contributed by atoms with Gasteiger partial charge < -0.3 is 29.7 Å². The van der Waals surface area contributed by atoms with E-state index in [1.54, 1.807) is 0 Å². The van der Waals surface area contributed by atoms with Crippen molar-refractivity contribution in [3.8, 4) is 22.9 Å². The van der Waals surface area contributed by atoms with E-state index in [4.69, 9.17) is 14.5 Å². The van der Waals surface area contributed by atoms with E-state index in [1.165, 1.54) is 12.1 Å². The minimum absolute atomic E-state index is 0.0149. The molecule has 8 nitrogen and oxygen atoms in total. The number of hydrogen-bond acceptors (Lipinski definition) is 9. The van der Waals surface area contributed by atoms with Crippen LogP contribution in [0.3, 0.4) is 0 Å². The Kier molecular flexibility index (Phi) is 8.02. The van der Waals surface area contributed by atoms with E-state index in [-0.39, 0.29) is 52.2 Å². The van der Waals surface area contributed by atoms with E-state index in [9.17, 15) is 22.7 Å². The molecule has 51 heavy (non-hydrogen) atoms. The molecule has 0 amide bonds. The number of thioether (sulfide) groups is 1. The second-order valence-corrected chi connectivity index (χ2v) is 16.0. The first-order valence-electron chi connectivity index (χ1n) is 17.3. The number of aromatic hydroxyl groups is 1. The van der Waals surface area contributed by atoms with Crippen LogP contribution in [-0.4, -0.2) is 90.1 Å². The van der Waals surface area contributed by atoms with E-state index >= 15 is 8.78 Å². The van der Waals surface area contributed by atoms with Crippen molar-refractivity contribution in [2.75, 3.05) is 57.4 Å². The minimum atomic E-state index is -4.87. The van der Waals surface area contributed by atoms with E-state index in [0.29, 0.717) is 24.9 Å². The first-order valence-corrected chi connectivity index (χ1v) is 18.1. The van der Waals surface area contributed by atoms with Gasteiger partial charge in [0.2, 0.25) is 0 Å². The number of nitrogens with one attached hydrogen (secondary N) is 1. The third-order valence-electron chi connectivity index (χ3n) is 11.2. The zero-order valence-electron chi connectivity index (χ0n) is 27.4. The smallest absolute Gasteiger partial charge is 0.446 e. The van der Waals surface area contributed by atoms with Crippen LogP contribution in [0.1, 0.15) is 25.7 Å². The molecular weight excluding hydrogens is 696 g/mol. The quantitative estimate of drug-likeness (QED) is 0.149. The van der Waals surface area contributed by atoms with Gasteiger partial charge >= 0.3 is 11.5 Å². The van der Waals surface area contributed by atoms with Gasteiger partial charge in [0, 0.05) is 88.9 Å². The van der Waals surface area contributed by atoms with Crippen LogP contribution in [0.4, 0.5) is 32.2 Å². The number of rotatable bonds is 8. The van der Waals surface area contributed by atoms with Crippen molar-refractivity contribution in [1.29, 1.82) is 0 Å². The number of likely N-dealkylation sites (tertiary alicyclic amines) is 1. The zero-order valence-corrected chi connectivity index (χ0v) is 28.2. The van der Waals surface area contributed by atoms with E-state index < -0.39 is 61.9 Å². The molecule has 4 atom stereocenters. The van der Waals surface area contributed by atoms with Gasteiger partial charge in [0.15, 0.2) is 17.5 Å². The van der Waals surface area contributed by atoms with Crippen molar-refractivity contribution in [3.05, 3.63) is 47.8 Å². The highest BCUT2D eigenvalue weighted by Crippen LogP contribution is 2.50. The number of fused-ring (bicyclic) bond motifs is 5. The van der Waals surface area contributed by atoms with Crippen LogP contribution in [0.5, 0.6) is 11.8 Å². The third-order valence-corrected chi connectivity index (χ3v) is 12.0. The SMILES string of the molecule is Oc1cc(-c2c(SC(F)(F)F)cc3c(N4CC5CCC(C4)N5)nc(OCC4(CN5CC6COCC6C5)CC4)nc3c2F)c2c(F)c(F)ccc2c1. The number of piperazine rings is 1. The monoisotopic (exact) mass is 731 g/mol. The number of aromatic nitrogens is 2. The van der Waals surface area contributed by atoms with Crippen molar-refractivity contribution in [1.82, 2.24) is 20.2 Å². The number of nitrogens with zero attached hydrogens (tertiary/aromatic N) is 4. The molecule has 15 heteroatoms. The number of alkyl halides is 3. The number of hydrogen-bond donors (Lipinski definition) is 2. The van der Waals surface area contributed by atoms with E-state index in [1.807, 2.05) is 4.90 Å². The summed E-state index contributed by atoms with van der Waals surface area (Å²) >= 11 is -0.576. The standard InChI is InChI=1S/C36H35F6N5O3S/c37-26-4-1-18-7-23(48)8-24(28(18)30(26)38)29-27(51-36(40,41)42)9-25-32(31(29)39)44-34(45-33(25)47-12-21-2-3-22(13-47)43-21)50-17-35(5-6-35)16-46-10-19-14-49-15-20(19)11-46/h1,4,7-9,19-22,43,48H,2-3,5-6,10-17H2. The number of anilines is 1. The van der Waals surface area contributed by atoms with Crippen LogP contribution in [0, 0.1) is 34.7 Å². The maximum Gasteiger partial charge on any atom is 0.446 e. The van der Waals surface area contributed by atoms with Crippen LogP contribution in [0.25, 0.3) is 32.8 Å². The summed E-state index contributed by atoms with van der Waals surface area (Å²) in [7, 11) is 0. The van der Waals surface area contributed by atoms with Crippen LogP contribution in [0.2, 0.25) is 0 Å². The molecule has 9 rings (SSSR count). The highest BCUT2D eigenvalue weighted by molar-refractivity contribution is 8.00. The van der Waals surface area contributed by atoms with Crippen LogP contribution in [-0.2, 0) is 4.74 Å². The van der Waals surface area contributed by atoms with Gasteiger partial charge in [-0.05, 0) is 67.1 Å². The zero-order chi connectivity index (χ0) is 35.2. The molecule has 5 aliphatic rings. The lowest BCUT2D eigenvalue weighted by Crippen LogP contribution is -2.51. The van der Waals surface area contributed by atoms with Gasteiger partial charge in [-0.1, -0.05) is 6.07 Å². The second-order valence-electron chi connectivity index (χ2n) is 14.9. The number of phenols is 1. The molecule has 4 aromatic rings. The summed E-state index contributed by atoms with van der Waals surface area (Å²) in [6.45, 7) is 5.62. The molecule has 1 saturated carbocycles. The number of ether oxygens (including phenoxy) is 2. The highest BCUT2D eigenvalue weighted by Gasteiger charge is 2.48. The van der Waals surface area contributed by atoms with Gasteiger partial charge in [0.05, 0.1) is 19.8 Å². The molecule has 3 aromatic carbocycles. The van der Waals surface area contributed by atoms with Gasteiger partial charge in [-0.15, -0.1) is 0 Å². The molecular formula is C36H35F6N5O3S. The number of phenolic OH excluding ortho intramolecular Hbond substituents is 1. The number of halogens is 6. The lowest BCUT2D eigenvalue weighted by Gasteiger charge is -2.34. The molecule has 5 heterocycles. The molecule has 5 fully saturated rings. The van der Waals surface area contributed by atoms with Gasteiger partial charge in [-0.2, -0.15) is 23.1 Å². The Morgan fingerprint density at radius 2 is 1.69 bits per heavy atom. The molecule has 2 N–H and O–H groups in total. The Morgan fingerprint density at radius 3 is 2.37 bits per heavy atom. The van der Waals surface area contributed by atoms with Crippen molar-refractivity contribution in [2.45, 2.75) is 48.2 Å². The molecule has 1 aliphatic carbocycles. The Morgan fingerprint density at radius 1 is 0.961 bits per heavy atom. The van der Waals surface area contributed by atoms with Crippen LogP contribution >= 0.6 is 11.8 Å². The van der Waals surface area contributed by atoms with Crippen molar-refractivity contribution in [3.63, 3.8) is 0 Å². The summed E-state index contributed by atoms with van der Waals surface area (Å²) in [5.41, 5.74) is -6.40. The maximum absolute atomic E-state index is 17.2.